The summed E-state index contributed by atoms with van der Waals surface area (Å²) in [6, 6.07) is 11.5. The SMILES string of the molecule is Cn1cc(-c2ccc(C(=O)NCCCCN3CCc4ccc(OS(=O)(=O)C(F)(F)F)cc4C3)cc2)cn1. The van der Waals surface area contributed by atoms with Crippen molar-refractivity contribution in [3.8, 4) is 16.9 Å². The monoisotopic (exact) mass is 536 g/mol. The number of amides is 1. The van der Waals surface area contributed by atoms with Gasteiger partial charge in [-0.15, -0.1) is 0 Å². The fraction of sp³-hybridized carbons (Fsp3) is 0.360. The molecule has 1 N–H and O–H groups in total. The summed E-state index contributed by atoms with van der Waals surface area (Å²) >= 11 is 0. The van der Waals surface area contributed by atoms with Crippen molar-refractivity contribution in [2.24, 2.45) is 7.05 Å². The van der Waals surface area contributed by atoms with Crippen LogP contribution in [0.1, 0.15) is 34.3 Å². The van der Waals surface area contributed by atoms with Crippen LogP contribution in [-0.4, -0.2) is 54.1 Å². The van der Waals surface area contributed by atoms with E-state index in [2.05, 4.69) is 19.5 Å². The zero-order chi connectivity index (χ0) is 26.6. The third kappa shape index (κ3) is 6.69. The quantitative estimate of drug-likeness (QED) is 0.254. The van der Waals surface area contributed by atoms with Gasteiger partial charge in [0.05, 0.1) is 6.20 Å². The van der Waals surface area contributed by atoms with E-state index in [0.29, 0.717) is 25.1 Å². The number of nitrogens with one attached hydrogen (secondary N) is 1. The Morgan fingerprint density at radius 3 is 2.51 bits per heavy atom. The number of hydrogen-bond donors (Lipinski definition) is 1. The number of benzene rings is 2. The summed E-state index contributed by atoms with van der Waals surface area (Å²) in [6.45, 7) is 2.51. The lowest BCUT2D eigenvalue weighted by molar-refractivity contribution is -0.0500. The molecule has 0 radical (unpaired) electrons. The van der Waals surface area contributed by atoms with E-state index in [-0.39, 0.29) is 11.7 Å². The molecule has 1 aromatic heterocycles. The fourth-order valence-electron chi connectivity index (χ4n) is 4.16. The zero-order valence-corrected chi connectivity index (χ0v) is 21.0. The molecule has 0 unspecified atom stereocenters. The summed E-state index contributed by atoms with van der Waals surface area (Å²) in [4.78, 5) is 14.6. The second-order valence-corrected chi connectivity index (χ2v) is 10.4. The Morgan fingerprint density at radius 1 is 1.08 bits per heavy atom. The van der Waals surface area contributed by atoms with Gasteiger partial charge in [-0.2, -0.15) is 26.7 Å². The van der Waals surface area contributed by atoms with Crippen LogP contribution in [0, 0.1) is 0 Å². The molecule has 2 aromatic carbocycles. The number of carbonyl (C=O) groups excluding carboxylic acids is 1. The van der Waals surface area contributed by atoms with Crippen LogP contribution in [0.15, 0.2) is 54.9 Å². The molecule has 0 bridgehead atoms. The van der Waals surface area contributed by atoms with E-state index in [1.165, 1.54) is 12.1 Å². The van der Waals surface area contributed by atoms with E-state index in [9.17, 15) is 26.4 Å². The van der Waals surface area contributed by atoms with Crippen molar-refractivity contribution in [3.63, 3.8) is 0 Å². The zero-order valence-electron chi connectivity index (χ0n) is 20.2. The van der Waals surface area contributed by atoms with Gasteiger partial charge in [0.25, 0.3) is 5.91 Å². The summed E-state index contributed by atoms with van der Waals surface area (Å²) < 4.78 is 66.3. The fourth-order valence-corrected chi connectivity index (χ4v) is 4.61. The number of aryl methyl sites for hydroxylation is 1. The second-order valence-electron chi connectivity index (χ2n) is 8.88. The van der Waals surface area contributed by atoms with Crippen LogP contribution in [0.25, 0.3) is 11.1 Å². The Hall–Kier alpha value is -3.38. The van der Waals surface area contributed by atoms with Gasteiger partial charge in [0.15, 0.2) is 0 Å². The van der Waals surface area contributed by atoms with Crippen LogP contribution in [0.5, 0.6) is 5.75 Å². The molecule has 0 aliphatic carbocycles. The van der Waals surface area contributed by atoms with Crippen molar-refractivity contribution in [3.05, 3.63) is 71.5 Å². The minimum atomic E-state index is -5.70. The predicted molar refractivity (Wildman–Crippen MR) is 131 cm³/mol. The lowest BCUT2D eigenvalue weighted by Gasteiger charge is -2.29. The standard InChI is InChI=1S/C25H27F3N4O4S/c1-31-16-22(15-30-31)18-4-6-20(7-5-18)24(33)29-11-2-3-12-32-13-10-19-8-9-23(14-21(19)17-32)36-37(34,35)25(26,27)28/h4-9,14-16H,2-3,10-13,17H2,1H3,(H,29,33). The molecule has 37 heavy (non-hydrogen) atoms. The highest BCUT2D eigenvalue weighted by Gasteiger charge is 2.48. The maximum absolute atomic E-state index is 12.6. The van der Waals surface area contributed by atoms with Gasteiger partial charge in [-0.25, -0.2) is 0 Å². The average molecular weight is 537 g/mol. The average Bonchev–Trinajstić information content (AvgIpc) is 3.29. The van der Waals surface area contributed by atoms with Gasteiger partial charge in [-0.05, 0) is 66.8 Å². The van der Waals surface area contributed by atoms with E-state index in [0.717, 1.165) is 48.2 Å². The topological polar surface area (TPSA) is 93.5 Å². The number of unbranched alkanes of at least 4 members (excludes halogenated alkanes) is 1. The minimum Gasteiger partial charge on any atom is -0.376 e. The van der Waals surface area contributed by atoms with Crippen molar-refractivity contribution in [1.82, 2.24) is 20.0 Å². The Balaban J connectivity index is 1.21. The van der Waals surface area contributed by atoms with Gasteiger partial charge in [0, 0.05) is 44.0 Å². The Bertz CT molecular complexity index is 1360. The lowest BCUT2D eigenvalue weighted by atomic mass is 9.99. The van der Waals surface area contributed by atoms with E-state index >= 15 is 0 Å². The van der Waals surface area contributed by atoms with Crippen LogP contribution < -0.4 is 9.50 Å². The molecule has 0 spiro atoms. The number of halogens is 3. The van der Waals surface area contributed by atoms with Gasteiger partial charge in [-0.3, -0.25) is 14.4 Å². The second kappa shape index (κ2) is 10.9. The predicted octanol–water partition coefficient (Wildman–Crippen LogP) is 3.88. The maximum atomic E-state index is 12.6. The molecule has 198 valence electrons. The smallest absolute Gasteiger partial charge is 0.376 e. The Labute approximate surface area is 213 Å². The molecule has 0 saturated heterocycles. The van der Waals surface area contributed by atoms with Crippen LogP contribution in [-0.2, 0) is 30.1 Å². The first-order valence-electron chi connectivity index (χ1n) is 11.7. The molecule has 1 aliphatic heterocycles. The number of hydrogen-bond acceptors (Lipinski definition) is 6. The maximum Gasteiger partial charge on any atom is 0.534 e. The summed E-state index contributed by atoms with van der Waals surface area (Å²) in [7, 11) is -3.86. The van der Waals surface area contributed by atoms with Gasteiger partial charge in [-0.1, -0.05) is 18.2 Å². The Kier molecular flexibility index (Phi) is 7.88. The molecule has 3 aromatic rings. The van der Waals surface area contributed by atoms with E-state index < -0.39 is 15.6 Å². The molecule has 1 aliphatic rings. The first-order chi connectivity index (χ1) is 17.5. The third-order valence-electron chi connectivity index (χ3n) is 6.13. The summed E-state index contributed by atoms with van der Waals surface area (Å²) in [5, 5.41) is 7.06. The van der Waals surface area contributed by atoms with Crippen LogP contribution in [0.4, 0.5) is 13.2 Å². The largest absolute Gasteiger partial charge is 0.534 e. The summed E-state index contributed by atoms with van der Waals surface area (Å²) in [6.07, 6.45) is 5.94. The third-order valence-corrected chi connectivity index (χ3v) is 7.11. The molecular formula is C25H27F3N4O4S. The minimum absolute atomic E-state index is 0.147. The first kappa shape index (κ1) is 26.7. The Morgan fingerprint density at radius 2 is 1.84 bits per heavy atom. The van der Waals surface area contributed by atoms with Gasteiger partial charge < -0.3 is 9.50 Å². The molecule has 1 amide bonds. The van der Waals surface area contributed by atoms with Crippen molar-refractivity contribution >= 4 is 16.0 Å². The number of alkyl halides is 3. The number of fused-ring (bicyclic) bond motifs is 1. The molecule has 2 heterocycles. The number of aromatic nitrogens is 2. The number of rotatable bonds is 9. The van der Waals surface area contributed by atoms with E-state index in [4.69, 9.17) is 0 Å². The molecule has 0 saturated carbocycles. The highest BCUT2D eigenvalue weighted by molar-refractivity contribution is 7.88. The molecule has 8 nitrogen and oxygen atoms in total. The van der Waals surface area contributed by atoms with Crippen LogP contribution in [0.2, 0.25) is 0 Å². The van der Waals surface area contributed by atoms with Crippen molar-refractivity contribution in [1.29, 1.82) is 0 Å². The summed E-state index contributed by atoms with van der Waals surface area (Å²) in [5.41, 5.74) is -1.25. The highest BCUT2D eigenvalue weighted by Crippen LogP contribution is 2.29. The van der Waals surface area contributed by atoms with E-state index in [1.54, 1.807) is 29.1 Å². The van der Waals surface area contributed by atoms with Gasteiger partial charge >= 0.3 is 15.6 Å². The number of nitrogens with zero attached hydrogens (tertiary/aromatic N) is 3. The van der Waals surface area contributed by atoms with Crippen molar-refractivity contribution in [2.75, 3.05) is 19.6 Å². The highest BCUT2D eigenvalue weighted by atomic mass is 32.2. The molecule has 4 rings (SSSR count). The lowest BCUT2D eigenvalue weighted by Crippen LogP contribution is -2.32. The molecular weight excluding hydrogens is 509 g/mol. The summed E-state index contributed by atoms with van der Waals surface area (Å²) in [5.74, 6) is -0.500. The van der Waals surface area contributed by atoms with Crippen LogP contribution in [0.3, 0.4) is 0 Å². The van der Waals surface area contributed by atoms with Crippen LogP contribution >= 0.6 is 0 Å². The van der Waals surface area contributed by atoms with E-state index in [1.807, 2.05) is 25.4 Å². The van der Waals surface area contributed by atoms with Gasteiger partial charge in [0.1, 0.15) is 5.75 Å². The molecule has 12 heteroatoms. The number of carbonyl (C=O) groups is 1. The van der Waals surface area contributed by atoms with Crippen molar-refractivity contribution < 1.29 is 30.6 Å². The first-order valence-corrected chi connectivity index (χ1v) is 13.1. The molecule has 0 atom stereocenters. The van der Waals surface area contributed by atoms with Gasteiger partial charge in [0.2, 0.25) is 0 Å². The normalized spacial score (nSPS) is 14.3. The molecule has 0 fully saturated rings. The van der Waals surface area contributed by atoms with Crippen molar-refractivity contribution in [2.45, 2.75) is 31.3 Å².